The van der Waals surface area contributed by atoms with Crippen LogP contribution in [0.4, 0.5) is 0 Å². The van der Waals surface area contributed by atoms with Gasteiger partial charge in [-0.2, -0.15) is 17.0 Å². The number of carbonyl (C=O) groups excluding carboxylic acids is 1. The second-order valence-electron chi connectivity index (χ2n) is 2.97. The van der Waals surface area contributed by atoms with Crippen LogP contribution in [0.3, 0.4) is 0 Å². The second kappa shape index (κ2) is 6.10. The maximum absolute atomic E-state index is 11.3. The van der Waals surface area contributed by atoms with Crippen LogP contribution >= 0.6 is 11.8 Å². The van der Waals surface area contributed by atoms with Gasteiger partial charge in [0.15, 0.2) is 0 Å². The van der Waals surface area contributed by atoms with Crippen molar-refractivity contribution in [3.63, 3.8) is 0 Å². The first-order valence-electron chi connectivity index (χ1n) is 4.50. The Hall–Kier alpha value is -1.47. The number of nitrogens with one attached hydrogen (secondary N) is 1. The van der Waals surface area contributed by atoms with Crippen LogP contribution in [-0.2, 0) is 4.79 Å². The van der Waals surface area contributed by atoms with Gasteiger partial charge in [-0.05, 0) is 11.8 Å². The van der Waals surface area contributed by atoms with E-state index in [4.69, 9.17) is 5.26 Å². The molecule has 0 fully saturated rings. The monoisotopic (exact) mass is 220 g/mol. The van der Waals surface area contributed by atoms with Crippen molar-refractivity contribution >= 4 is 17.7 Å². The summed E-state index contributed by atoms with van der Waals surface area (Å²) in [6, 6.07) is 10.7. The first-order valence-corrected chi connectivity index (χ1v) is 5.90. The van der Waals surface area contributed by atoms with Gasteiger partial charge in [-0.25, -0.2) is 0 Å². The Bertz CT molecular complexity index is 359. The minimum atomic E-state index is -0.550. The van der Waals surface area contributed by atoms with Crippen molar-refractivity contribution in [2.45, 2.75) is 6.04 Å². The third-order valence-corrected chi connectivity index (χ3v) is 2.39. The van der Waals surface area contributed by atoms with E-state index in [1.807, 2.05) is 36.6 Å². The number of nitrogens with zero attached hydrogens (tertiary/aromatic N) is 1. The summed E-state index contributed by atoms with van der Waals surface area (Å²) in [5.74, 6) is 0.267. The number of benzene rings is 1. The summed E-state index contributed by atoms with van der Waals surface area (Å²) in [5.41, 5.74) is 0.814. The van der Waals surface area contributed by atoms with Gasteiger partial charge < -0.3 is 5.32 Å². The van der Waals surface area contributed by atoms with E-state index >= 15 is 0 Å². The summed E-state index contributed by atoms with van der Waals surface area (Å²) in [7, 11) is 0. The maximum atomic E-state index is 11.3. The van der Waals surface area contributed by atoms with Crippen LogP contribution in [-0.4, -0.2) is 17.9 Å². The van der Waals surface area contributed by atoms with Gasteiger partial charge in [0.25, 0.3) is 0 Å². The molecule has 0 aliphatic rings. The molecule has 15 heavy (non-hydrogen) atoms. The van der Waals surface area contributed by atoms with Crippen LogP contribution in [0.1, 0.15) is 11.6 Å². The van der Waals surface area contributed by atoms with E-state index in [9.17, 15) is 4.79 Å². The number of thioether (sulfide) groups is 1. The Morgan fingerprint density at radius 3 is 2.73 bits per heavy atom. The molecule has 1 rings (SSSR count). The van der Waals surface area contributed by atoms with E-state index in [-0.39, 0.29) is 5.91 Å². The first-order chi connectivity index (χ1) is 7.27. The fraction of sp³-hybridized carbons (Fsp3) is 0.273. The molecular formula is C11H12N2OS. The quantitative estimate of drug-likeness (QED) is 0.840. The van der Waals surface area contributed by atoms with Crippen LogP contribution in [0.2, 0.25) is 0 Å². The fourth-order valence-electron chi connectivity index (χ4n) is 1.17. The minimum Gasteiger partial charge on any atom is -0.336 e. The Kier molecular flexibility index (Phi) is 4.72. The SMILES string of the molecule is CSCC(=O)NC(C#N)c1ccccc1. The van der Waals surface area contributed by atoms with Crippen molar-refractivity contribution in [3.8, 4) is 6.07 Å². The van der Waals surface area contributed by atoms with Crippen LogP contribution in [0, 0.1) is 11.3 Å². The molecule has 1 amide bonds. The molecule has 1 aromatic carbocycles. The number of amides is 1. The van der Waals surface area contributed by atoms with E-state index in [1.54, 1.807) is 0 Å². The topological polar surface area (TPSA) is 52.9 Å². The molecular weight excluding hydrogens is 208 g/mol. The smallest absolute Gasteiger partial charge is 0.231 e. The predicted octanol–water partition coefficient (Wildman–Crippen LogP) is 1.73. The van der Waals surface area contributed by atoms with Gasteiger partial charge in [0.05, 0.1) is 11.8 Å². The molecule has 78 valence electrons. The van der Waals surface area contributed by atoms with Gasteiger partial charge in [-0.3, -0.25) is 4.79 Å². The molecule has 0 spiro atoms. The van der Waals surface area contributed by atoms with Crippen LogP contribution in [0.25, 0.3) is 0 Å². The molecule has 0 saturated carbocycles. The lowest BCUT2D eigenvalue weighted by Gasteiger charge is -2.10. The van der Waals surface area contributed by atoms with E-state index in [0.29, 0.717) is 5.75 Å². The Morgan fingerprint density at radius 2 is 2.20 bits per heavy atom. The molecule has 1 N–H and O–H groups in total. The molecule has 0 radical (unpaired) electrons. The molecule has 1 unspecified atom stereocenters. The molecule has 0 aliphatic heterocycles. The fourth-order valence-corrected chi connectivity index (χ4v) is 1.51. The van der Waals surface area contributed by atoms with E-state index in [0.717, 1.165) is 5.56 Å². The highest BCUT2D eigenvalue weighted by Crippen LogP contribution is 2.11. The largest absolute Gasteiger partial charge is 0.336 e. The maximum Gasteiger partial charge on any atom is 0.231 e. The summed E-state index contributed by atoms with van der Waals surface area (Å²) in [6.07, 6.45) is 1.85. The van der Waals surface area contributed by atoms with Gasteiger partial charge in [-0.15, -0.1) is 0 Å². The lowest BCUT2D eigenvalue weighted by atomic mass is 10.1. The van der Waals surface area contributed by atoms with Gasteiger partial charge in [0.2, 0.25) is 5.91 Å². The molecule has 1 aromatic rings. The van der Waals surface area contributed by atoms with E-state index < -0.39 is 6.04 Å². The van der Waals surface area contributed by atoms with Crippen LogP contribution < -0.4 is 5.32 Å². The summed E-state index contributed by atoms with van der Waals surface area (Å²) >= 11 is 1.44. The van der Waals surface area contributed by atoms with Crippen LogP contribution in [0.5, 0.6) is 0 Å². The van der Waals surface area contributed by atoms with Gasteiger partial charge in [-0.1, -0.05) is 30.3 Å². The van der Waals surface area contributed by atoms with Crippen LogP contribution in [0.15, 0.2) is 30.3 Å². The minimum absolute atomic E-state index is 0.113. The average molecular weight is 220 g/mol. The number of hydrogen-bond acceptors (Lipinski definition) is 3. The molecule has 3 nitrogen and oxygen atoms in total. The lowest BCUT2D eigenvalue weighted by Crippen LogP contribution is -2.28. The summed E-state index contributed by atoms with van der Waals surface area (Å²) in [6.45, 7) is 0. The Morgan fingerprint density at radius 1 is 1.53 bits per heavy atom. The van der Waals surface area contributed by atoms with Crippen molar-refractivity contribution in [2.24, 2.45) is 0 Å². The highest BCUT2D eigenvalue weighted by atomic mass is 32.2. The van der Waals surface area contributed by atoms with Crippen molar-refractivity contribution in [2.75, 3.05) is 12.0 Å². The van der Waals surface area contributed by atoms with E-state index in [1.165, 1.54) is 11.8 Å². The highest BCUT2D eigenvalue weighted by molar-refractivity contribution is 7.99. The van der Waals surface area contributed by atoms with Crippen molar-refractivity contribution in [1.29, 1.82) is 5.26 Å². The molecule has 0 aromatic heterocycles. The number of rotatable bonds is 4. The first kappa shape index (κ1) is 11.6. The van der Waals surface area contributed by atoms with Gasteiger partial charge in [0, 0.05) is 0 Å². The second-order valence-corrected chi connectivity index (χ2v) is 3.84. The predicted molar refractivity (Wildman–Crippen MR) is 61.3 cm³/mol. The van der Waals surface area contributed by atoms with Crippen molar-refractivity contribution in [3.05, 3.63) is 35.9 Å². The van der Waals surface area contributed by atoms with Crippen molar-refractivity contribution in [1.82, 2.24) is 5.32 Å². The zero-order valence-electron chi connectivity index (χ0n) is 8.43. The zero-order chi connectivity index (χ0) is 11.1. The third-order valence-electron chi connectivity index (χ3n) is 1.84. The van der Waals surface area contributed by atoms with Crippen molar-refractivity contribution < 1.29 is 4.79 Å². The standard InChI is InChI=1S/C11H12N2OS/c1-15-8-11(14)13-10(7-12)9-5-3-2-4-6-9/h2-6,10H,8H2,1H3,(H,13,14). The Balaban J connectivity index is 2.66. The normalized spacial score (nSPS) is 11.5. The Labute approximate surface area is 93.5 Å². The molecule has 0 saturated heterocycles. The summed E-state index contributed by atoms with van der Waals surface area (Å²) in [5, 5.41) is 11.6. The highest BCUT2D eigenvalue weighted by Gasteiger charge is 2.12. The zero-order valence-corrected chi connectivity index (χ0v) is 9.25. The summed E-state index contributed by atoms with van der Waals surface area (Å²) < 4.78 is 0. The number of carbonyl (C=O) groups is 1. The number of hydrogen-bond donors (Lipinski definition) is 1. The van der Waals surface area contributed by atoms with E-state index in [2.05, 4.69) is 11.4 Å². The molecule has 0 aliphatic carbocycles. The van der Waals surface area contributed by atoms with Gasteiger partial charge in [0.1, 0.15) is 6.04 Å². The third kappa shape index (κ3) is 3.64. The lowest BCUT2D eigenvalue weighted by molar-refractivity contribution is -0.118. The average Bonchev–Trinajstić information content (AvgIpc) is 2.27. The molecule has 0 bridgehead atoms. The molecule has 4 heteroatoms. The summed E-state index contributed by atoms with van der Waals surface area (Å²) in [4.78, 5) is 11.3. The molecule has 0 heterocycles. The number of nitriles is 1. The molecule has 1 atom stereocenters. The van der Waals surface area contributed by atoms with Gasteiger partial charge >= 0.3 is 0 Å².